The standard InChI is InChI=1S/C5H9BrO/c1-5(7)3-2-4-6/h2,4-5,7H,3H2,1H3/b4-2+/t5-/m1/s1. The largest absolute Gasteiger partial charge is 0.393 e. The van der Waals surface area contributed by atoms with E-state index in [1.807, 2.05) is 6.08 Å². The molecule has 0 amide bonds. The van der Waals surface area contributed by atoms with E-state index in [9.17, 15) is 0 Å². The average molecular weight is 165 g/mol. The first-order valence-electron chi connectivity index (χ1n) is 2.20. The van der Waals surface area contributed by atoms with Crippen LogP contribution in [0.1, 0.15) is 13.3 Å². The predicted octanol–water partition coefficient (Wildman–Crippen LogP) is 1.67. The molecular formula is C5H9BrO. The minimum Gasteiger partial charge on any atom is -0.393 e. The van der Waals surface area contributed by atoms with Gasteiger partial charge in [-0.3, -0.25) is 0 Å². The highest BCUT2D eigenvalue weighted by molar-refractivity contribution is 9.11. The van der Waals surface area contributed by atoms with E-state index in [1.165, 1.54) is 0 Å². The van der Waals surface area contributed by atoms with Crippen LogP contribution in [0.5, 0.6) is 0 Å². The molecule has 0 saturated heterocycles. The van der Waals surface area contributed by atoms with Gasteiger partial charge in [0, 0.05) is 0 Å². The van der Waals surface area contributed by atoms with Crippen molar-refractivity contribution in [3.05, 3.63) is 11.1 Å². The van der Waals surface area contributed by atoms with Gasteiger partial charge in [0.1, 0.15) is 0 Å². The Bertz CT molecular complexity index is 59.1. The zero-order chi connectivity index (χ0) is 5.70. The van der Waals surface area contributed by atoms with Crippen LogP contribution in [0.15, 0.2) is 11.1 Å². The molecule has 0 aromatic rings. The summed E-state index contributed by atoms with van der Waals surface area (Å²) in [5, 5.41) is 8.61. The monoisotopic (exact) mass is 164 g/mol. The molecule has 7 heavy (non-hydrogen) atoms. The summed E-state index contributed by atoms with van der Waals surface area (Å²) in [5.74, 6) is 0. The van der Waals surface area contributed by atoms with Crippen molar-refractivity contribution in [3.63, 3.8) is 0 Å². The summed E-state index contributed by atoms with van der Waals surface area (Å²) in [6, 6.07) is 0. The Morgan fingerprint density at radius 2 is 2.43 bits per heavy atom. The third kappa shape index (κ3) is 6.18. The van der Waals surface area contributed by atoms with Crippen molar-refractivity contribution in [1.29, 1.82) is 0 Å². The van der Waals surface area contributed by atoms with Gasteiger partial charge in [0.25, 0.3) is 0 Å². The van der Waals surface area contributed by atoms with Crippen LogP contribution in [0.4, 0.5) is 0 Å². The molecule has 0 aromatic heterocycles. The van der Waals surface area contributed by atoms with Crippen molar-refractivity contribution in [2.45, 2.75) is 19.4 Å². The van der Waals surface area contributed by atoms with E-state index in [0.717, 1.165) is 6.42 Å². The lowest BCUT2D eigenvalue weighted by atomic mass is 10.3. The molecule has 0 aromatic carbocycles. The molecule has 0 unspecified atom stereocenters. The van der Waals surface area contributed by atoms with Crippen LogP contribution in [-0.4, -0.2) is 11.2 Å². The van der Waals surface area contributed by atoms with Crippen LogP contribution < -0.4 is 0 Å². The van der Waals surface area contributed by atoms with Crippen molar-refractivity contribution >= 4 is 15.9 Å². The summed E-state index contributed by atoms with van der Waals surface area (Å²) in [7, 11) is 0. The van der Waals surface area contributed by atoms with Gasteiger partial charge in [0.2, 0.25) is 0 Å². The van der Waals surface area contributed by atoms with E-state index in [0.29, 0.717) is 0 Å². The molecule has 0 radical (unpaired) electrons. The van der Waals surface area contributed by atoms with Gasteiger partial charge in [-0.25, -0.2) is 0 Å². The molecule has 42 valence electrons. The van der Waals surface area contributed by atoms with Crippen molar-refractivity contribution < 1.29 is 5.11 Å². The van der Waals surface area contributed by atoms with E-state index in [-0.39, 0.29) is 6.10 Å². The number of aliphatic hydroxyl groups is 1. The Labute approximate surface area is 52.2 Å². The van der Waals surface area contributed by atoms with Crippen LogP contribution in [-0.2, 0) is 0 Å². The molecule has 1 atom stereocenters. The highest BCUT2D eigenvalue weighted by Gasteiger charge is 1.85. The number of rotatable bonds is 2. The number of halogens is 1. The van der Waals surface area contributed by atoms with E-state index in [4.69, 9.17) is 5.11 Å². The highest BCUT2D eigenvalue weighted by Crippen LogP contribution is 1.92. The molecule has 0 aliphatic rings. The van der Waals surface area contributed by atoms with Crippen LogP contribution in [0.2, 0.25) is 0 Å². The van der Waals surface area contributed by atoms with Gasteiger partial charge in [-0.1, -0.05) is 22.0 Å². The highest BCUT2D eigenvalue weighted by atomic mass is 79.9. The Morgan fingerprint density at radius 3 is 2.57 bits per heavy atom. The fourth-order valence-corrected chi connectivity index (χ4v) is 0.464. The van der Waals surface area contributed by atoms with Gasteiger partial charge in [-0.15, -0.1) is 0 Å². The molecule has 1 nitrogen and oxygen atoms in total. The Kier molecular flexibility index (Phi) is 4.45. The molecule has 0 bridgehead atoms. The molecule has 0 rings (SSSR count). The van der Waals surface area contributed by atoms with Gasteiger partial charge in [-0.05, 0) is 18.3 Å². The summed E-state index contributed by atoms with van der Waals surface area (Å²) < 4.78 is 0. The van der Waals surface area contributed by atoms with Gasteiger partial charge in [0.15, 0.2) is 0 Å². The van der Waals surface area contributed by atoms with Crippen LogP contribution in [0.3, 0.4) is 0 Å². The smallest absolute Gasteiger partial charge is 0.0546 e. The Morgan fingerprint density at radius 1 is 1.86 bits per heavy atom. The van der Waals surface area contributed by atoms with Gasteiger partial charge in [0.05, 0.1) is 6.10 Å². The maximum absolute atomic E-state index is 8.61. The second-order valence-electron chi connectivity index (χ2n) is 1.45. The van der Waals surface area contributed by atoms with Crippen LogP contribution in [0.25, 0.3) is 0 Å². The molecule has 0 heterocycles. The number of aliphatic hydroxyl groups excluding tert-OH is 1. The lowest BCUT2D eigenvalue weighted by Crippen LogP contribution is -1.94. The zero-order valence-electron chi connectivity index (χ0n) is 4.26. The fraction of sp³-hybridized carbons (Fsp3) is 0.600. The van der Waals surface area contributed by atoms with Gasteiger partial charge in [-0.2, -0.15) is 0 Å². The molecule has 2 heteroatoms. The first kappa shape index (κ1) is 7.18. The molecule has 0 aliphatic carbocycles. The molecule has 0 aliphatic heterocycles. The number of hydrogen-bond acceptors (Lipinski definition) is 1. The maximum Gasteiger partial charge on any atom is 0.0546 e. The first-order valence-corrected chi connectivity index (χ1v) is 3.12. The minimum absolute atomic E-state index is 0.214. The lowest BCUT2D eigenvalue weighted by Gasteiger charge is -1.93. The van der Waals surface area contributed by atoms with Crippen molar-refractivity contribution in [2.75, 3.05) is 0 Å². The SMILES string of the molecule is C[C@@H](O)C/C=C/Br. The summed E-state index contributed by atoms with van der Waals surface area (Å²) in [6.07, 6.45) is 2.38. The summed E-state index contributed by atoms with van der Waals surface area (Å²) in [6.45, 7) is 1.76. The van der Waals surface area contributed by atoms with Crippen LogP contribution >= 0.6 is 15.9 Å². The van der Waals surface area contributed by atoms with E-state index < -0.39 is 0 Å². The minimum atomic E-state index is -0.214. The summed E-state index contributed by atoms with van der Waals surface area (Å²) in [5.41, 5.74) is 0. The van der Waals surface area contributed by atoms with Crippen molar-refractivity contribution in [2.24, 2.45) is 0 Å². The average Bonchev–Trinajstić information content (AvgIpc) is 1.61. The summed E-state index contributed by atoms with van der Waals surface area (Å²) in [4.78, 5) is 1.75. The van der Waals surface area contributed by atoms with Gasteiger partial charge >= 0.3 is 0 Å². The van der Waals surface area contributed by atoms with E-state index >= 15 is 0 Å². The molecule has 0 fully saturated rings. The van der Waals surface area contributed by atoms with Crippen LogP contribution in [0, 0.1) is 0 Å². The molecular weight excluding hydrogens is 156 g/mol. The summed E-state index contributed by atoms with van der Waals surface area (Å²) >= 11 is 3.09. The molecule has 1 N–H and O–H groups in total. The second kappa shape index (κ2) is 4.34. The van der Waals surface area contributed by atoms with E-state index in [1.54, 1.807) is 11.9 Å². The van der Waals surface area contributed by atoms with Crippen molar-refractivity contribution in [3.8, 4) is 0 Å². The zero-order valence-corrected chi connectivity index (χ0v) is 5.85. The predicted molar refractivity (Wildman–Crippen MR) is 34.4 cm³/mol. The van der Waals surface area contributed by atoms with Crippen molar-refractivity contribution in [1.82, 2.24) is 0 Å². The third-order valence-electron chi connectivity index (χ3n) is 0.566. The fourth-order valence-electron chi connectivity index (χ4n) is 0.248. The molecule has 0 saturated carbocycles. The maximum atomic E-state index is 8.61. The molecule has 0 spiro atoms. The normalized spacial score (nSPS) is 15.3. The first-order chi connectivity index (χ1) is 3.27. The number of hydrogen-bond donors (Lipinski definition) is 1. The second-order valence-corrected chi connectivity index (χ2v) is 1.98. The topological polar surface area (TPSA) is 20.2 Å². The lowest BCUT2D eigenvalue weighted by molar-refractivity contribution is 0.198. The quantitative estimate of drug-likeness (QED) is 0.659. The van der Waals surface area contributed by atoms with E-state index in [2.05, 4.69) is 15.9 Å². The Hall–Kier alpha value is 0.180. The Balaban J connectivity index is 2.97. The van der Waals surface area contributed by atoms with Gasteiger partial charge < -0.3 is 5.11 Å². The third-order valence-corrected chi connectivity index (χ3v) is 0.940.